The van der Waals surface area contributed by atoms with Gasteiger partial charge in [0.15, 0.2) is 0 Å². The second-order valence-electron chi connectivity index (χ2n) is 15.7. The van der Waals surface area contributed by atoms with Gasteiger partial charge in [-0.15, -0.1) is 0 Å². The number of ether oxygens (including phenoxy) is 2. The van der Waals surface area contributed by atoms with Crippen molar-refractivity contribution in [3.05, 3.63) is 0 Å². The maximum atomic E-state index is 12.8. The average Bonchev–Trinajstić information content (AvgIpc) is 3.17. The summed E-state index contributed by atoms with van der Waals surface area (Å²) >= 11 is 0. The zero-order valence-corrected chi connectivity index (χ0v) is 35.8. The summed E-state index contributed by atoms with van der Waals surface area (Å²) in [5.41, 5.74) is 6.05. The Morgan fingerprint density at radius 3 is 1.20 bits per heavy atom. The molecule has 0 aliphatic heterocycles. The van der Waals surface area contributed by atoms with Gasteiger partial charge >= 0.3 is 11.9 Å². The number of carbonyl (C=O) groups excluding carboxylic acids is 4. The number of amides is 2. The van der Waals surface area contributed by atoms with Gasteiger partial charge in [-0.2, -0.15) is 0 Å². The van der Waals surface area contributed by atoms with E-state index in [-0.39, 0.29) is 48.4 Å². The lowest BCUT2D eigenvalue weighted by atomic mass is 9.94. The zero-order valence-electron chi connectivity index (χ0n) is 35.8. The van der Waals surface area contributed by atoms with Crippen LogP contribution in [0.25, 0.3) is 0 Å². The quantitative estimate of drug-likeness (QED) is 0.0417. The Labute approximate surface area is 332 Å². The largest absolute Gasteiger partial charge is 0.465 e. The molecule has 0 bridgehead atoms. The fourth-order valence-electron chi connectivity index (χ4n) is 6.85. The number of unbranched alkanes of at least 4 members (excludes halogenated alkanes) is 18. The molecule has 0 saturated heterocycles. The highest BCUT2D eigenvalue weighted by atomic mass is 16.5. The number of esters is 2. The third kappa shape index (κ3) is 32.1. The Hall–Kier alpha value is -2.16. The third-order valence-corrected chi connectivity index (χ3v) is 10.6. The molecule has 0 aliphatic carbocycles. The maximum absolute atomic E-state index is 12.8. The molecule has 9 nitrogen and oxygen atoms in total. The molecule has 0 fully saturated rings. The minimum absolute atomic E-state index is 0.000967. The monoisotopic (exact) mass is 766 g/mol. The van der Waals surface area contributed by atoms with Crippen LogP contribution in [0.3, 0.4) is 0 Å². The smallest absolute Gasteiger partial charge is 0.308 e. The highest BCUT2D eigenvalue weighted by molar-refractivity contribution is 5.83. The van der Waals surface area contributed by atoms with Gasteiger partial charge in [-0.05, 0) is 57.8 Å². The summed E-state index contributed by atoms with van der Waals surface area (Å²) in [7, 11) is 0. The van der Waals surface area contributed by atoms with E-state index in [1.165, 1.54) is 103 Å². The van der Waals surface area contributed by atoms with Crippen LogP contribution >= 0.6 is 0 Å². The molecular weight excluding hydrogens is 679 g/mol. The van der Waals surface area contributed by atoms with Crippen molar-refractivity contribution in [1.29, 1.82) is 0 Å². The van der Waals surface area contributed by atoms with Gasteiger partial charge < -0.3 is 25.8 Å². The molecule has 54 heavy (non-hydrogen) atoms. The van der Waals surface area contributed by atoms with Gasteiger partial charge in [-0.3, -0.25) is 19.2 Å². The van der Waals surface area contributed by atoms with E-state index in [1.54, 1.807) is 0 Å². The molecule has 4 N–H and O–H groups in total. The molecule has 0 aromatic heterocycles. The lowest BCUT2D eigenvalue weighted by Crippen LogP contribution is -2.41. The first-order valence-corrected chi connectivity index (χ1v) is 22.9. The van der Waals surface area contributed by atoms with E-state index < -0.39 is 6.04 Å². The lowest BCUT2D eigenvalue weighted by molar-refractivity contribution is -0.150. The summed E-state index contributed by atoms with van der Waals surface area (Å²) in [6.45, 7) is 10.6. The van der Waals surface area contributed by atoms with Gasteiger partial charge in [0.2, 0.25) is 11.8 Å². The van der Waals surface area contributed by atoms with Crippen molar-refractivity contribution in [2.45, 2.75) is 226 Å². The highest BCUT2D eigenvalue weighted by Gasteiger charge is 2.21. The van der Waals surface area contributed by atoms with Crippen molar-refractivity contribution in [3.8, 4) is 0 Å². The fourth-order valence-corrected chi connectivity index (χ4v) is 6.85. The van der Waals surface area contributed by atoms with Crippen LogP contribution in [0.5, 0.6) is 0 Å². The first kappa shape index (κ1) is 51.8. The van der Waals surface area contributed by atoms with Crippen LogP contribution in [0.4, 0.5) is 0 Å². The third-order valence-electron chi connectivity index (χ3n) is 10.6. The normalized spacial score (nSPS) is 12.9. The standard InChI is InChI=1S/C45H87N3O6/c1-5-9-13-17-19-23-31-39(29-21-15-11-7-3)44(51)53-37-27-25-35-47-42(49)34-33-41(46)43(50)48-36-26-28-38-54-45(52)40(30-22-16-12-8-4)32-24-20-18-14-10-6-2/h39-41H,5-38,46H2,1-4H3,(H,47,49)(H,48,50). The van der Waals surface area contributed by atoms with E-state index in [0.29, 0.717) is 45.6 Å². The van der Waals surface area contributed by atoms with Gasteiger partial charge in [0, 0.05) is 19.5 Å². The minimum atomic E-state index is -0.755. The van der Waals surface area contributed by atoms with E-state index in [1.807, 2.05) is 0 Å². The number of rotatable bonds is 40. The molecule has 3 unspecified atom stereocenters. The summed E-state index contributed by atoms with van der Waals surface area (Å²) < 4.78 is 11.3. The molecule has 0 heterocycles. The second kappa shape index (κ2) is 39.1. The Kier molecular flexibility index (Phi) is 37.5. The van der Waals surface area contributed by atoms with Crippen molar-refractivity contribution in [1.82, 2.24) is 10.6 Å². The van der Waals surface area contributed by atoms with E-state index in [0.717, 1.165) is 57.8 Å². The van der Waals surface area contributed by atoms with Crippen molar-refractivity contribution < 1.29 is 28.7 Å². The molecule has 0 aromatic rings. The van der Waals surface area contributed by atoms with E-state index in [4.69, 9.17) is 15.2 Å². The highest BCUT2D eigenvalue weighted by Crippen LogP contribution is 2.22. The van der Waals surface area contributed by atoms with Gasteiger partial charge in [0.1, 0.15) is 0 Å². The molecule has 318 valence electrons. The second-order valence-corrected chi connectivity index (χ2v) is 15.7. The topological polar surface area (TPSA) is 137 Å². The van der Waals surface area contributed by atoms with Crippen LogP contribution in [-0.4, -0.2) is 56.1 Å². The molecule has 3 atom stereocenters. The van der Waals surface area contributed by atoms with Crippen LogP contribution in [0.15, 0.2) is 0 Å². The van der Waals surface area contributed by atoms with Crippen molar-refractivity contribution >= 4 is 23.8 Å². The van der Waals surface area contributed by atoms with E-state index in [9.17, 15) is 19.2 Å². The van der Waals surface area contributed by atoms with Crippen LogP contribution in [0.1, 0.15) is 220 Å². The van der Waals surface area contributed by atoms with Crippen molar-refractivity contribution in [3.63, 3.8) is 0 Å². The Morgan fingerprint density at radius 1 is 0.444 bits per heavy atom. The van der Waals surface area contributed by atoms with Gasteiger partial charge in [0.25, 0.3) is 0 Å². The summed E-state index contributed by atoms with van der Waals surface area (Å²) in [6, 6.07) is -0.755. The number of nitrogens with two attached hydrogens (primary N) is 1. The number of carbonyl (C=O) groups is 4. The molecule has 0 aromatic carbocycles. The molecular formula is C45H87N3O6. The van der Waals surface area contributed by atoms with Crippen LogP contribution in [0, 0.1) is 11.8 Å². The fraction of sp³-hybridized carbons (Fsp3) is 0.911. The summed E-state index contributed by atoms with van der Waals surface area (Å²) in [5.74, 6) is -0.536. The van der Waals surface area contributed by atoms with Gasteiger partial charge in [-0.1, -0.05) is 156 Å². The Morgan fingerprint density at radius 2 is 0.796 bits per heavy atom. The number of hydrogen-bond acceptors (Lipinski definition) is 7. The van der Waals surface area contributed by atoms with Crippen LogP contribution in [0.2, 0.25) is 0 Å². The van der Waals surface area contributed by atoms with Crippen molar-refractivity contribution in [2.75, 3.05) is 26.3 Å². The first-order valence-electron chi connectivity index (χ1n) is 22.9. The van der Waals surface area contributed by atoms with Crippen LogP contribution < -0.4 is 16.4 Å². The van der Waals surface area contributed by atoms with Gasteiger partial charge in [0.05, 0.1) is 31.1 Å². The molecule has 0 rings (SSSR count). The van der Waals surface area contributed by atoms with Gasteiger partial charge in [-0.25, -0.2) is 0 Å². The summed E-state index contributed by atoms with van der Waals surface area (Å²) in [5, 5.41) is 5.74. The molecule has 2 amide bonds. The van der Waals surface area contributed by atoms with Crippen molar-refractivity contribution in [2.24, 2.45) is 17.6 Å². The molecule has 0 saturated carbocycles. The number of nitrogens with one attached hydrogen (secondary N) is 2. The molecule has 9 heteroatoms. The number of hydrogen-bond donors (Lipinski definition) is 3. The predicted octanol–water partition coefficient (Wildman–Crippen LogP) is 10.6. The lowest BCUT2D eigenvalue weighted by Gasteiger charge is -2.16. The van der Waals surface area contributed by atoms with E-state index >= 15 is 0 Å². The maximum Gasteiger partial charge on any atom is 0.308 e. The summed E-state index contributed by atoms with van der Waals surface area (Å²) in [6.07, 6.45) is 30.9. The Balaban J connectivity index is 4.16. The van der Waals surface area contributed by atoms with E-state index in [2.05, 4.69) is 38.3 Å². The summed E-state index contributed by atoms with van der Waals surface area (Å²) in [4.78, 5) is 50.5. The van der Waals surface area contributed by atoms with Crippen LogP contribution in [-0.2, 0) is 28.7 Å². The SMILES string of the molecule is CCCCCCCCC(CCCCCC)C(=O)OCCCCNC(=O)CCC(N)C(=O)NCCCCOC(=O)C(CCCCCC)CCCCCCCC. The molecule has 0 spiro atoms. The average molecular weight is 766 g/mol. The molecule has 0 radical (unpaired) electrons. The molecule has 0 aliphatic rings. The zero-order chi connectivity index (χ0) is 39.9. The minimum Gasteiger partial charge on any atom is -0.465 e. The predicted molar refractivity (Wildman–Crippen MR) is 224 cm³/mol. The Bertz CT molecular complexity index is 901. The first-order chi connectivity index (χ1) is 26.3.